The maximum atomic E-state index is 3.72. The van der Waals surface area contributed by atoms with Gasteiger partial charge in [-0.3, -0.25) is 4.90 Å². The molecule has 1 saturated heterocycles. The highest BCUT2D eigenvalue weighted by Crippen LogP contribution is 2.33. The molecule has 2 aromatic rings. The molecule has 104 valence electrons. The zero-order chi connectivity index (χ0) is 13.8. The van der Waals surface area contributed by atoms with E-state index in [4.69, 9.17) is 0 Å². The quantitative estimate of drug-likeness (QED) is 0.927. The van der Waals surface area contributed by atoms with Crippen LogP contribution in [0.25, 0.3) is 0 Å². The molecule has 0 aliphatic carbocycles. The van der Waals surface area contributed by atoms with Gasteiger partial charge in [-0.05, 0) is 17.2 Å². The fourth-order valence-electron chi connectivity index (χ4n) is 2.86. The average molecular weight is 331 g/mol. The van der Waals surface area contributed by atoms with Crippen LogP contribution in [0.1, 0.15) is 17.2 Å². The van der Waals surface area contributed by atoms with E-state index in [1.54, 1.807) is 0 Å². The van der Waals surface area contributed by atoms with Gasteiger partial charge in [-0.1, -0.05) is 64.5 Å². The lowest BCUT2D eigenvalue weighted by Gasteiger charge is -2.36. The number of halogens is 1. The average Bonchev–Trinajstić information content (AvgIpc) is 2.52. The summed E-state index contributed by atoms with van der Waals surface area (Å²) < 4.78 is 1.19. The molecule has 0 saturated carbocycles. The van der Waals surface area contributed by atoms with Gasteiger partial charge in [0, 0.05) is 30.7 Å². The van der Waals surface area contributed by atoms with Crippen LogP contribution in [0, 0.1) is 0 Å². The topological polar surface area (TPSA) is 15.3 Å². The van der Waals surface area contributed by atoms with E-state index >= 15 is 0 Å². The maximum absolute atomic E-state index is 3.72. The Morgan fingerprint density at radius 1 is 0.900 bits per heavy atom. The summed E-state index contributed by atoms with van der Waals surface area (Å²) in [5.74, 6) is 0. The van der Waals surface area contributed by atoms with Gasteiger partial charge in [-0.25, -0.2) is 0 Å². The van der Waals surface area contributed by atoms with Crippen molar-refractivity contribution in [3.8, 4) is 0 Å². The van der Waals surface area contributed by atoms with E-state index in [0.717, 1.165) is 26.2 Å². The van der Waals surface area contributed by atoms with Crippen molar-refractivity contribution in [2.75, 3.05) is 26.2 Å². The van der Waals surface area contributed by atoms with Gasteiger partial charge in [0.25, 0.3) is 0 Å². The van der Waals surface area contributed by atoms with Gasteiger partial charge in [0.1, 0.15) is 0 Å². The third-order valence-electron chi connectivity index (χ3n) is 3.83. The van der Waals surface area contributed by atoms with E-state index in [0.29, 0.717) is 6.04 Å². The molecule has 20 heavy (non-hydrogen) atoms. The van der Waals surface area contributed by atoms with Gasteiger partial charge in [-0.15, -0.1) is 0 Å². The van der Waals surface area contributed by atoms with Gasteiger partial charge >= 0.3 is 0 Å². The van der Waals surface area contributed by atoms with Gasteiger partial charge in [-0.2, -0.15) is 0 Å². The normalized spacial score (nSPS) is 17.9. The zero-order valence-corrected chi connectivity index (χ0v) is 13.0. The molecule has 1 aliphatic rings. The van der Waals surface area contributed by atoms with E-state index in [-0.39, 0.29) is 0 Å². The number of hydrogen-bond donors (Lipinski definition) is 1. The van der Waals surface area contributed by atoms with Crippen LogP contribution in [0.5, 0.6) is 0 Å². The van der Waals surface area contributed by atoms with Crippen molar-refractivity contribution in [3.05, 3.63) is 70.2 Å². The second kappa shape index (κ2) is 6.53. The van der Waals surface area contributed by atoms with Crippen LogP contribution < -0.4 is 5.32 Å². The molecular weight excluding hydrogens is 312 g/mol. The molecular formula is C17H19BrN2. The van der Waals surface area contributed by atoms with E-state index in [9.17, 15) is 0 Å². The molecule has 1 N–H and O–H groups in total. The predicted octanol–water partition coefficient (Wildman–Crippen LogP) is 3.44. The molecule has 2 aromatic carbocycles. The van der Waals surface area contributed by atoms with Crippen molar-refractivity contribution in [2.24, 2.45) is 0 Å². The first-order valence-corrected chi connectivity index (χ1v) is 7.90. The molecule has 1 fully saturated rings. The minimum absolute atomic E-state index is 0.328. The van der Waals surface area contributed by atoms with Gasteiger partial charge in [0.15, 0.2) is 0 Å². The number of benzene rings is 2. The van der Waals surface area contributed by atoms with Crippen molar-refractivity contribution in [3.63, 3.8) is 0 Å². The molecule has 0 unspecified atom stereocenters. The first-order valence-electron chi connectivity index (χ1n) is 7.10. The highest BCUT2D eigenvalue weighted by atomic mass is 79.9. The van der Waals surface area contributed by atoms with E-state index in [1.165, 1.54) is 15.6 Å². The molecule has 0 bridgehead atoms. The molecule has 0 spiro atoms. The summed E-state index contributed by atoms with van der Waals surface area (Å²) in [5.41, 5.74) is 2.71. The number of nitrogens with zero attached hydrogens (tertiary/aromatic N) is 1. The minimum Gasteiger partial charge on any atom is -0.314 e. The van der Waals surface area contributed by atoms with E-state index < -0.39 is 0 Å². The van der Waals surface area contributed by atoms with Crippen LogP contribution in [-0.4, -0.2) is 31.1 Å². The highest BCUT2D eigenvalue weighted by Gasteiger charge is 2.24. The summed E-state index contributed by atoms with van der Waals surface area (Å²) in [6.07, 6.45) is 0. The smallest absolute Gasteiger partial charge is 0.0613 e. The maximum Gasteiger partial charge on any atom is 0.0613 e. The minimum atomic E-state index is 0.328. The lowest BCUT2D eigenvalue weighted by molar-refractivity contribution is 0.198. The number of rotatable bonds is 3. The van der Waals surface area contributed by atoms with E-state index in [1.807, 2.05) is 0 Å². The third kappa shape index (κ3) is 2.95. The lowest BCUT2D eigenvalue weighted by atomic mass is 9.96. The Bertz CT molecular complexity index is 550. The molecule has 0 radical (unpaired) electrons. The van der Waals surface area contributed by atoms with Crippen LogP contribution >= 0.6 is 15.9 Å². The van der Waals surface area contributed by atoms with Crippen LogP contribution in [-0.2, 0) is 0 Å². The fraction of sp³-hybridized carbons (Fsp3) is 0.294. The third-order valence-corrected chi connectivity index (χ3v) is 4.55. The summed E-state index contributed by atoms with van der Waals surface area (Å²) in [6.45, 7) is 4.30. The lowest BCUT2D eigenvalue weighted by Crippen LogP contribution is -2.45. The molecule has 3 rings (SSSR count). The molecule has 0 amide bonds. The summed E-state index contributed by atoms with van der Waals surface area (Å²) in [5, 5.41) is 3.43. The Labute approximate surface area is 128 Å². The Morgan fingerprint density at radius 3 is 2.25 bits per heavy atom. The predicted molar refractivity (Wildman–Crippen MR) is 86.9 cm³/mol. The standard InChI is InChI=1S/C17H19BrN2/c18-16-9-5-4-8-15(16)17(14-6-2-1-3-7-14)20-12-10-19-11-13-20/h1-9,17,19H,10-13H2/t17-/m1/s1. The van der Waals surface area contributed by atoms with Crippen LogP contribution in [0.2, 0.25) is 0 Å². The van der Waals surface area contributed by atoms with Crippen molar-refractivity contribution in [1.29, 1.82) is 0 Å². The molecule has 1 heterocycles. The summed E-state index contributed by atoms with van der Waals surface area (Å²) in [7, 11) is 0. The Balaban J connectivity index is 2.01. The van der Waals surface area contributed by atoms with Crippen molar-refractivity contribution in [2.45, 2.75) is 6.04 Å². The number of nitrogens with one attached hydrogen (secondary N) is 1. The molecule has 3 heteroatoms. The van der Waals surface area contributed by atoms with Crippen molar-refractivity contribution >= 4 is 15.9 Å². The number of piperazine rings is 1. The Morgan fingerprint density at radius 2 is 1.55 bits per heavy atom. The van der Waals surface area contributed by atoms with Crippen LogP contribution in [0.15, 0.2) is 59.1 Å². The van der Waals surface area contributed by atoms with Crippen molar-refractivity contribution < 1.29 is 0 Å². The van der Waals surface area contributed by atoms with Gasteiger partial charge in [0.2, 0.25) is 0 Å². The Kier molecular flexibility index (Phi) is 4.51. The second-order valence-corrected chi connectivity index (χ2v) is 5.98. The summed E-state index contributed by atoms with van der Waals surface area (Å²) in [6, 6.07) is 19.7. The SMILES string of the molecule is Brc1ccccc1[C@@H](c1ccccc1)N1CCNCC1. The highest BCUT2D eigenvalue weighted by molar-refractivity contribution is 9.10. The van der Waals surface area contributed by atoms with Crippen molar-refractivity contribution in [1.82, 2.24) is 10.2 Å². The van der Waals surface area contributed by atoms with Gasteiger partial charge < -0.3 is 5.32 Å². The number of hydrogen-bond acceptors (Lipinski definition) is 2. The second-order valence-electron chi connectivity index (χ2n) is 5.12. The van der Waals surface area contributed by atoms with Crippen LogP contribution in [0.4, 0.5) is 0 Å². The van der Waals surface area contributed by atoms with Gasteiger partial charge in [0.05, 0.1) is 6.04 Å². The first-order chi connectivity index (χ1) is 9.86. The fourth-order valence-corrected chi connectivity index (χ4v) is 3.36. The summed E-state index contributed by atoms with van der Waals surface area (Å²) in [4.78, 5) is 2.56. The largest absolute Gasteiger partial charge is 0.314 e. The van der Waals surface area contributed by atoms with E-state index in [2.05, 4.69) is 80.7 Å². The molecule has 2 nitrogen and oxygen atoms in total. The Hall–Kier alpha value is -1.16. The van der Waals surface area contributed by atoms with Crippen LogP contribution in [0.3, 0.4) is 0 Å². The zero-order valence-electron chi connectivity index (χ0n) is 11.4. The first kappa shape index (κ1) is 13.8. The molecule has 1 atom stereocenters. The molecule has 1 aliphatic heterocycles. The summed E-state index contributed by atoms with van der Waals surface area (Å²) >= 11 is 3.72. The monoisotopic (exact) mass is 330 g/mol. The molecule has 0 aromatic heterocycles.